The SMILES string of the molecule is CC(C)c1nc(-c2ccc(N3CCN(C(=O)c4cc(-c5ccc6c(c5)OCO6)n[nH]4)CC3)nc2)no1. The zero-order chi connectivity index (χ0) is 24.6. The smallest absolute Gasteiger partial charge is 0.272 e. The standard InChI is InChI=1S/C25H25N7O4/c1-15(2)24-27-23(30-36-24)17-4-6-22(26-13-17)31-7-9-32(10-8-31)25(33)19-12-18(28-29-19)16-3-5-20-21(11-16)35-14-34-20/h3-6,11-13,15H,7-10,14H2,1-2H3,(H,28,29). The van der Waals surface area contributed by atoms with E-state index in [-0.39, 0.29) is 18.6 Å². The first-order chi connectivity index (χ1) is 17.5. The number of anilines is 1. The fourth-order valence-corrected chi connectivity index (χ4v) is 4.24. The maximum atomic E-state index is 13.1. The fourth-order valence-electron chi connectivity index (χ4n) is 4.24. The molecule has 0 aliphatic carbocycles. The van der Waals surface area contributed by atoms with E-state index in [9.17, 15) is 4.79 Å². The predicted molar refractivity (Wildman–Crippen MR) is 130 cm³/mol. The highest BCUT2D eigenvalue weighted by molar-refractivity contribution is 5.93. The minimum atomic E-state index is -0.0736. The highest BCUT2D eigenvalue weighted by atomic mass is 16.7. The van der Waals surface area contributed by atoms with Gasteiger partial charge in [-0.2, -0.15) is 10.1 Å². The lowest BCUT2D eigenvalue weighted by Crippen LogP contribution is -2.49. The van der Waals surface area contributed by atoms with Crippen LogP contribution in [-0.4, -0.2) is 69.1 Å². The van der Waals surface area contributed by atoms with E-state index in [1.54, 1.807) is 12.3 Å². The molecule has 3 aromatic heterocycles. The average molecular weight is 488 g/mol. The molecule has 6 rings (SSSR count). The number of nitrogens with zero attached hydrogens (tertiary/aromatic N) is 6. The molecule has 0 radical (unpaired) electrons. The molecule has 0 saturated carbocycles. The number of aromatic amines is 1. The minimum absolute atomic E-state index is 0.0736. The van der Waals surface area contributed by atoms with Gasteiger partial charge in [0.05, 0.1) is 5.69 Å². The van der Waals surface area contributed by atoms with Gasteiger partial charge in [-0.05, 0) is 36.4 Å². The molecule has 2 aliphatic rings. The lowest BCUT2D eigenvalue weighted by molar-refractivity contribution is 0.0740. The van der Waals surface area contributed by atoms with Crippen LogP contribution in [0.5, 0.6) is 11.5 Å². The highest BCUT2D eigenvalue weighted by Gasteiger charge is 2.25. The second kappa shape index (κ2) is 8.99. The van der Waals surface area contributed by atoms with Crippen LogP contribution in [0.4, 0.5) is 5.82 Å². The number of benzene rings is 1. The lowest BCUT2D eigenvalue weighted by Gasteiger charge is -2.35. The van der Waals surface area contributed by atoms with Crippen molar-refractivity contribution in [1.82, 2.24) is 30.2 Å². The molecule has 36 heavy (non-hydrogen) atoms. The van der Waals surface area contributed by atoms with Crippen LogP contribution in [0.2, 0.25) is 0 Å². The lowest BCUT2D eigenvalue weighted by atomic mass is 10.1. The number of fused-ring (bicyclic) bond motifs is 1. The normalized spacial score (nSPS) is 15.1. The van der Waals surface area contributed by atoms with Gasteiger partial charge in [0.15, 0.2) is 11.5 Å². The van der Waals surface area contributed by atoms with Crippen molar-refractivity contribution >= 4 is 11.7 Å². The molecule has 184 valence electrons. The number of carbonyl (C=O) groups excluding carboxylic acids is 1. The summed E-state index contributed by atoms with van der Waals surface area (Å²) < 4.78 is 16.1. The van der Waals surface area contributed by atoms with Gasteiger partial charge in [-0.15, -0.1) is 0 Å². The number of hydrogen-bond donors (Lipinski definition) is 1. The number of carbonyl (C=O) groups is 1. The van der Waals surface area contributed by atoms with E-state index in [1.165, 1.54) is 0 Å². The maximum absolute atomic E-state index is 13.1. The number of nitrogens with one attached hydrogen (secondary N) is 1. The molecule has 5 heterocycles. The van der Waals surface area contributed by atoms with Crippen molar-refractivity contribution in [3.8, 4) is 34.1 Å². The zero-order valence-electron chi connectivity index (χ0n) is 20.0. The van der Waals surface area contributed by atoms with Gasteiger partial charge in [0, 0.05) is 49.4 Å². The van der Waals surface area contributed by atoms with Gasteiger partial charge in [-0.3, -0.25) is 9.89 Å². The number of piperazine rings is 1. The van der Waals surface area contributed by atoms with E-state index in [4.69, 9.17) is 14.0 Å². The molecule has 1 aromatic carbocycles. The van der Waals surface area contributed by atoms with Gasteiger partial charge in [-0.1, -0.05) is 19.0 Å². The van der Waals surface area contributed by atoms with Crippen molar-refractivity contribution in [2.75, 3.05) is 37.9 Å². The van der Waals surface area contributed by atoms with Crippen molar-refractivity contribution in [2.45, 2.75) is 19.8 Å². The summed E-state index contributed by atoms with van der Waals surface area (Å²) >= 11 is 0. The largest absolute Gasteiger partial charge is 0.454 e. The zero-order valence-corrected chi connectivity index (χ0v) is 20.0. The molecule has 1 N–H and O–H groups in total. The Balaban J connectivity index is 1.08. The summed E-state index contributed by atoms with van der Waals surface area (Å²) in [7, 11) is 0. The Morgan fingerprint density at radius 3 is 2.56 bits per heavy atom. The molecule has 0 bridgehead atoms. The molecule has 11 heteroatoms. The van der Waals surface area contributed by atoms with Crippen LogP contribution in [0, 0.1) is 0 Å². The van der Waals surface area contributed by atoms with E-state index >= 15 is 0 Å². The van der Waals surface area contributed by atoms with E-state index in [0.717, 1.165) is 16.9 Å². The molecule has 0 atom stereocenters. The van der Waals surface area contributed by atoms with Crippen LogP contribution in [0.1, 0.15) is 36.1 Å². The summed E-state index contributed by atoms with van der Waals surface area (Å²) in [5.74, 6) is 3.49. The van der Waals surface area contributed by atoms with E-state index in [0.29, 0.717) is 60.8 Å². The van der Waals surface area contributed by atoms with Crippen molar-refractivity contribution in [3.05, 3.63) is 54.2 Å². The molecule has 1 fully saturated rings. The Bertz CT molecular complexity index is 1390. The van der Waals surface area contributed by atoms with Gasteiger partial charge < -0.3 is 23.8 Å². The molecule has 0 spiro atoms. The van der Waals surface area contributed by atoms with Gasteiger partial charge in [0.25, 0.3) is 5.91 Å². The van der Waals surface area contributed by atoms with Crippen LogP contribution in [0.25, 0.3) is 22.6 Å². The van der Waals surface area contributed by atoms with Gasteiger partial charge >= 0.3 is 0 Å². The minimum Gasteiger partial charge on any atom is -0.454 e. The number of ether oxygens (including phenoxy) is 2. The van der Waals surface area contributed by atoms with E-state index in [2.05, 4.69) is 30.2 Å². The van der Waals surface area contributed by atoms with Gasteiger partial charge in [-0.25, -0.2) is 4.98 Å². The molecule has 1 amide bonds. The van der Waals surface area contributed by atoms with Crippen molar-refractivity contribution in [2.24, 2.45) is 0 Å². The molecular formula is C25H25N7O4. The molecule has 2 aliphatic heterocycles. The maximum Gasteiger partial charge on any atom is 0.272 e. The first-order valence-electron chi connectivity index (χ1n) is 11.8. The summed E-state index contributed by atoms with van der Waals surface area (Å²) in [4.78, 5) is 26.1. The van der Waals surface area contributed by atoms with E-state index < -0.39 is 0 Å². The van der Waals surface area contributed by atoms with E-state index in [1.807, 2.05) is 49.1 Å². The van der Waals surface area contributed by atoms with Crippen LogP contribution in [-0.2, 0) is 0 Å². The van der Waals surface area contributed by atoms with Crippen LogP contribution in [0.3, 0.4) is 0 Å². The molecule has 1 saturated heterocycles. The van der Waals surface area contributed by atoms with Crippen molar-refractivity contribution in [1.29, 1.82) is 0 Å². The van der Waals surface area contributed by atoms with Crippen LogP contribution < -0.4 is 14.4 Å². The molecular weight excluding hydrogens is 462 g/mol. The van der Waals surface area contributed by atoms with Crippen LogP contribution >= 0.6 is 0 Å². The third-order valence-corrected chi connectivity index (χ3v) is 6.31. The summed E-state index contributed by atoms with van der Waals surface area (Å²) in [6.07, 6.45) is 1.75. The molecule has 4 aromatic rings. The molecule has 11 nitrogen and oxygen atoms in total. The Morgan fingerprint density at radius 2 is 1.81 bits per heavy atom. The average Bonchev–Trinajstić information content (AvgIpc) is 3.69. The molecule has 0 unspecified atom stereocenters. The Hall–Kier alpha value is -4.41. The summed E-state index contributed by atoms with van der Waals surface area (Å²) in [5, 5.41) is 11.3. The summed E-state index contributed by atoms with van der Waals surface area (Å²) in [5.41, 5.74) is 2.80. The number of amides is 1. The monoisotopic (exact) mass is 487 g/mol. The Morgan fingerprint density at radius 1 is 1.00 bits per heavy atom. The third-order valence-electron chi connectivity index (χ3n) is 6.31. The second-order valence-corrected chi connectivity index (χ2v) is 9.03. The Kier molecular flexibility index (Phi) is 5.51. The summed E-state index contributed by atoms with van der Waals surface area (Å²) in [6.45, 7) is 6.77. The van der Waals surface area contributed by atoms with Crippen molar-refractivity contribution in [3.63, 3.8) is 0 Å². The number of aromatic nitrogens is 5. The number of H-pyrrole nitrogens is 1. The van der Waals surface area contributed by atoms with Gasteiger partial charge in [0.1, 0.15) is 11.5 Å². The number of pyridine rings is 1. The predicted octanol–water partition coefficient (Wildman–Crippen LogP) is 3.34. The van der Waals surface area contributed by atoms with Gasteiger partial charge in [0.2, 0.25) is 18.5 Å². The van der Waals surface area contributed by atoms with Crippen molar-refractivity contribution < 1.29 is 18.8 Å². The third kappa shape index (κ3) is 4.12. The first kappa shape index (κ1) is 22.1. The number of rotatable bonds is 5. The van der Waals surface area contributed by atoms with Crippen LogP contribution in [0.15, 0.2) is 47.1 Å². The summed E-state index contributed by atoms with van der Waals surface area (Å²) in [6, 6.07) is 11.3. The number of hydrogen-bond acceptors (Lipinski definition) is 9. The first-order valence-corrected chi connectivity index (χ1v) is 11.8. The Labute approximate surface area is 207 Å². The highest BCUT2D eigenvalue weighted by Crippen LogP contribution is 2.35. The topological polar surface area (TPSA) is 123 Å². The quantitative estimate of drug-likeness (QED) is 0.451. The fraction of sp³-hybridized carbons (Fsp3) is 0.320. The second-order valence-electron chi connectivity index (χ2n) is 9.03.